The summed E-state index contributed by atoms with van der Waals surface area (Å²) in [6.07, 6.45) is 0.0958. The minimum Gasteiger partial charge on any atom is -0.456 e. The Kier molecular flexibility index (Phi) is 9.45. The number of nitrogens with zero attached hydrogens (tertiary/aromatic N) is 3. The van der Waals surface area contributed by atoms with Crippen LogP contribution in [0.5, 0.6) is 0 Å². The van der Waals surface area contributed by atoms with Crippen molar-refractivity contribution >= 4 is 17.7 Å². The Hall–Kier alpha value is -3.97. The van der Waals surface area contributed by atoms with Crippen molar-refractivity contribution in [2.45, 2.75) is 25.7 Å². The Balaban J connectivity index is 1.80. The number of nitriles is 2. The first-order valence-corrected chi connectivity index (χ1v) is 9.91. The van der Waals surface area contributed by atoms with Crippen LogP contribution in [0.25, 0.3) is 11.1 Å². The van der Waals surface area contributed by atoms with Crippen molar-refractivity contribution in [1.29, 1.82) is 10.5 Å². The second-order valence-corrected chi connectivity index (χ2v) is 6.72. The number of benzene rings is 2. The number of hydrogen-bond acceptors (Lipinski definition) is 6. The van der Waals surface area contributed by atoms with Crippen molar-refractivity contribution in [1.82, 2.24) is 4.90 Å². The fourth-order valence-electron chi connectivity index (χ4n) is 2.88. The molecule has 0 aliphatic heterocycles. The van der Waals surface area contributed by atoms with Crippen LogP contribution >= 0.6 is 0 Å². The molecule has 0 N–H and O–H groups in total. The van der Waals surface area contributed by atoms with Gasteiger partial charge in [-0.2, -0.15) is 10.5 Å². The quantitative estimate of drug-likeness (QED) is 0.408. The van der Waals surface area contributed by atoms with Crippen LogP contribution in [0.2, 0.25) is 0 Å². The van der Waals surface area contributed by atoms with Gasteiger partial charge in [-0.25, -0.2) is 0 Å². The third-order valence-electron chi connectivity index (χ3n) is 4.57. The molecule has 31 heavy (non-hydrogen) atoms. The maximum Gasteiger partial charge on any atom is 0.306 e. The van der Waals surface area contributed by atoms with Gasteiger partial charge < -0.3 is 9.64 Å². The first kappa shape index (κ1) is 23.3. The zero-order chi connectivity index (χ0) is 22.5. The van der Waals surface area contributed by atoms with Crippen molar-refractivity contribution in [3.05, 3.63) is 60.2 Å². The van der Waals surface area contributed by atoms with Crippen LogP contribution in [0.15, 0.2) is 54.6 Å². The molecular formula is C24H23N3O4. The number of ketones is 1. The Morgan fingerprint density at radius 1 is 0.806 bits per heavy atom. The summed E-state index contributed by atoms with van der Waals surface area (Å²) in [5, 5.41) is 17.3. The largest absolute Gasteiger partial charge is 0.456 e. The van der Waals surface area contributed by atoms with Gasteiger partial charge in [-0.05, 0) is 11.1 Å². The van der Waals surface area contributed by atoms with E-state index in [0.717, 1.165) is 11.1 Å². The lowest BCUT2D eigenvalue weighted by Gasteiger charge is -2.20. The molecule has 0 heterocycles. The number of carbonyl (C=O) groups is 3. The molecule has 7 heteroatoms. The van der Waals surface area contributed by atoms with E-state index in [0.29, 0.717) is 5.56 Å². The summed E-state index contributed by atoms with van der Waals surface area (Å²) >= 11 is 0. The molecule has 0 aliphatic carbocycles. The van der Waals surface area contributed by atoms with Crippen molar-refractivity contribution in [3.8, 4) is 23.3 Å². The average Bonchev–Trinajstić information content (AvgIpc) is 2.81. The van der Waals surface area contributed by atoms with E-state index in [2.05, 4.69) is 0 Å². The normalized spacial score (nSPS) is 9.87. The topological polar surface area (TPSA) is 111 Å². The van der Waals surface area contributed by atoms with Crippen molar-refractivity contribution < 1.29 is 19.1 Å². The average molecular weight is 417 g/mol. The lowest BCUT2D eigenvalue weighted by Crippen LogP contribution is -2.36. The highest BCUT2D eigenvalue weighted by Crippen LogP contribution is 2.20. The summed E-state index contributed by atoms with van der Waals surface area (Å²) in [5.74, 6) is -1.31. The Labute approximate surface area is 181 Å². The summed E-state index contributed by atoms with van der Waals surface area (Å²) in [6, 6.07) is 20.8. The highest BCUT2D eigenvalue weighted by atomic mass is 16.5. The summed E-state index contributed by atoms with van der Waals surface area (Å²) < 4.78 is 4.96. The van der Waals surface area contributed by atoms with Gasteiger partial charge >= 0.3 is 5.97 Å². The lowest BCUT2D eigenvalue weighted by molar-refractivity contribution is -0.152. The predicted molar refractivity (Wildman–Crippen MR) is 113 cm³/mol. The van der Waals surface area contributed by atoms with Crippen LogP contribution in [-0.2, 0) is 14.3 Å². The molecule has 158 valence electrons. The number of hydrogen-bond donors (Lipinski definition) is 0. The molecule has 0 radical (unpaired) electrons. The van der Waals surface area contributed by atoms with Crippen LogP contribution in [0.1, 0.15) is 36.0 Å². The van der Waals surface area contributed by atoms with E-state index in [1.807, 2.05) is 54.6 Å². The number of Topliss-reactive ketones (excluding diaryl/α,β-unsaturated/α-hetero) is 1. The monoisotopic (exact) mass is 417 g/mol. The molecule has 2 aromatic rings. The van der Waals surface area contributed by atoms with Gasteiger partial charge in [0.25, 0.3) is 5.91 Å². The molecule has 0 bridgehead atoms. The first-order valence-electron chi connectivity index (χ1n) is 9.91. The molecule has 7 nitrogen and oxygen atoms in total. The highest BCUT2D eigenvalue weighted by Gasteiger charge is 2.16. The van der Waals surface area contributed by atoms with E-state index in [9.17, 15) is 14.4 Å². The number of amides is 1. The van der Waals surface area contributed by atoms with Crippen LogP contribution < -0.4 is 0 Å². The molecule has 2 rings (SSSR count). The van der Waals surface area contributed by atoms with E-state index < -0.39 is 18.5 Å². The summed E-state index contributed by atoms with van der Waals surface area (Å²) in [4.78, 5) is 37.7. The fraction of sp³-hybridized carbons (Fsp3) is 0.292. The van der Waals surface area contributed by atoms with Crippen LogP contribution in [0.4, 0.5) is 0 Å². The second kappa shape index (κ2) is 12.6. The highest BCUT2D eigenvalue weighted by molar-refractivity contribution is 5.98. The molecule has 0 saturated heterocycles. The third kappa shape index (κ3) is 7.75. The molecule has 0 saturated carbocycles. The van der Waals surface area contributed by atoms with Gasteiger partial charge in [0.05, 0.1) is 31.4 Å². The lowest BCUT2D eigenvalue weighted by atomic mass is 10.0. The minimum atomic E-state index is -0.650. The molecule has 0 aliphatic rings. The molecule has 0 aromatic heterocycles. The van der Waals surface area contributed by atoms with Crippen molar-refractivity contribution in [2.75, 3.05) is 19.7 Å². The minimum absolute atomic E-state index is 0.0235. The standard InChI is InChI=1S/C24H23N3O4/c25-14-4-16-27(17-5-15-26)23(29)18-31-24(30)13-12-22(28)21-10-8-20(9-11-21)19-6-2-1-3-7-19/h1-3,6-11H,4-5,12-13,16-18H2. The van der Waals surface area contributed by atoms with Crippen molar-refractivity contribution in [3.63, 3.8) is 0 Å². The Morgan fingerprint density at radius 3 is 1.97 bits per heavy atom. The Morgan fingerprint density at radius 2 is 1.39 bits per heavy atom. The van der Waals surface area contributed by atoms with Crippen LogP contribution in [0.3, 0.4) is 0 Å². The van der Waals surface area contributed by atoms with Crippen LogP contribution in [0, 0.1) is 22.7 Å². The van der Waals surface area contributed by atoms with E-state index in [-0.39, 0.29) is 44.6 Å². The predicted octanol–water partition coefficient (Wildman–Crippen LogP) is 3.52. The van der Waals surface area contributed by atoms with Gasteiger partial charge in [0, 0.05) is 25.1 Å². The molecule has 1 amide bonds. The SMILES string of the molecule is N#CCCN(CCC#N)C(=O)COC(=O)CCC(=O)c1ccc(-c2ccccc2)cc1. The summed E-state index contributed by atoms with van der Waals surface area (Å²) in [6.45, 7) is -0.131. The second-order valence-electron chi connectivity index (χ2n) is 6.72. The Bertz CT molecular complexity index is 955. The zero-order valence-corrected chi connectivity index (χ0v) is 17.1. The van der Waals surface area contributed by atoms with E-state index in [1.54, 1.807) is 12.1 Å². The van der Waals surface area contributed by atoms with Crippen molar-refractivity contribution in [2.24, 2.45) is 0 Å². The third-order valence-corrected chi connectivity index (χ3v) is 4.57. The van der Waals surface area contributed by atoms with Gasteiger partial charge in [-0.15, -0.1) is 0 Å². The molecule has 0 fully saturated rings. The van der Waals surface area contributed by atoms with Gasteiger partial charge in [-0.1, -0.05) is 54.6 Å². The number of carbonyl (C=O) groups excluding carboxylic acids is 3. The fourth-order valence-corrected chi connectivity index (χ4v) is 2.88. The molecule has 0 spiro atoms. The maximum absolute atomic E-state index is 12.3. The number of esters is 1. The van der Waals surface area contributed by atoms with Gasteiger partial charge in [0.15, 0.2) is 12.4 Å². The summed E-state index contributed by atoms with van der Waals surface area (Å²) in [7, 11) is 0. The van der Waals surface area contributed by atoms with E-state index in [4.69, 9.17) is 15.3 Å². The zero-order valence-electron chi connectivity index (χ0n) is 17.1. The van der Waals surface area contributed by atoms with Gasteiger partial charge in [0.1, 0.15) is 0 Å². The van der Waals surface area contributed by atoms with Gasteiger partial charge in [0.2, 0.25) is 0 Å². The number of rotatable bonds is 11. The number of ether oxygens (including phenoxy) is 1. The van der Waals surface area contributed by atoms with Gasteiger partial charge in [-0.3, -0.25) is 14.4 Å². The molecular weight excluding hydrogens is 394 g/mol. The van der Waals surface area contributed by atoms with Crippen LogP contribution in [-0.4, -0.2) is 42.3 Å². The first-order chi connectivity index (χ1) is 15.0. The maximum atomic E-state index is 12.3. The molecule has 0 unspecified atom stereocenters. The molecule has 2 aromatic carbocycles. The smallest absolute Gasteiger partial charge is 0.306 e. The van der Waals surface area contributed by atoms with E-state index >= 15 is 0 Å². The summed E-state index contributed by atoms with van der Waals surface area (Å²) in [5.41, 5.74) is 2.54. The van der Waals surface area contributed by atoms with E-state index in [1.165, 1.54) is 4.90 Å². The molecule has 0 atom stereocenters.